The number of rotatable bonds is 3. The highest BCUT2D eigenvalue weighted by molar-refractivity contribution is 7.13. The van der Waals surface area contributed by atoms with Crippen molar-refractivity contribution in [3.8, 4) is 22.0 Å². The zero-order valence-electron chi connectivity index (χ0n) is 9.91. The summed E-state index contributed by atoms with van der Waals surface area (Å²) in [6.45, 7) is 0. The first kappa shape index (κ1) is 11.0. The van der Waals surface area contributed by atoms with Crippen LogP contribution >= 0.6 is 11.3 Å². The number of imidazole rings is 1. The molecule has 0 spiro atoms. The molecule has 0 radical (unpaired) electrons. The molecule has 0 saturated heterocycles. The van der Waals surface area contributed by atoms with Gasteiger partial charge in [-0.2, -0.15) is 0 Å². The van der Waals surface area contributed by atoms with Crippen molar-refractivity contribution in [1.82, 2.24) is 9.55 Å². The summed E-state index contributed by atoms with van der Waals surface area (Å²) in [6.07, 6.45) is 3.69. The predicted molar refractivity (Wildman–Crippen MR) is 73.4 cm³/mol. The van der Waals surface area contributed by atoms with E-state index in [9.17, 15) is 0 Å². The number of aromatic nitrogens is 2. The van der Waals surface area contributed by atoms with Crippen LogP contribution in [-0.2, 0) is 0 Å². The van der Waals surface area contributed by atoms with E-state index in [1.807, 2.05) is 47.4 Å². The second-order valence-electron chi connectivity index (χ2n) is 3.80. The van der Waals surface area contributed by atoms with Crippen LogP contribution in [0.1, 0.15) is 0 Å². The number of benzene rings is 1. The Hall–Kier alpha value is -2.07. The molecule has 0 saturated carbocycles. The van der Waals surface area contributed by atoms with Crippen molar-refractivity contribution in [2.24, 2.45) is 0 Å². The molecule has 0 aliphatic carbocycles. The van der Waals surface area contributed by atoms with Crippen molar-refractivity contribution >= 4 is 11.3 Å². The third-order valence-corrected chi connectivity index (χ3v) is 3.65. The Labute approximate surface area is 109 Å². The number of para-hydroxylation sites is 2. The summed E-state index contributed by atoms with van der Waals surface area (Å²) < 4.78 is 7.44. The van der Waals surface area contributed by atoms with Gasteiger partial charge >= 0.3 is 0 Å². The van der Waals surface area contributed by atoms with Crippen molar-refractivity contribution in [3.63, 3.8) is 0 Å². The van der Waals surface area contributed by atoms with Gasteiger partial charge in [-0.3, -0.25) is 4.57 Å². The SMILES string of the molecule is COc1ccccc1-n1cncc1-c1cccs1. The van der Waals surface area contributed by atoms with Crippen LogP contribution in [0.15, 0.2) is 54.3 Å². The molecule has 90 valence electrons. The lowest BCUT2D eigenvalue weighted by molar-refractivity contribution is 0.413. The molecule has 0 fully saturated rings. The van der Waals surface area contributed by atoms with Gasteiger partial charge in [0.05, 0.1) is 35.9 Å². The van der Waals surface area contributed by atoms with Gasteiger partial charge in [-0.25, -0.2) is 4.98 Å². The molecule has 0 bridgehead atoms. The topological polar surface area (TPSA) is 27.1 Å². The maximum Gasteiger partial charge on any atom is 0.142 e. The van der Waals surface area contributed by atoms with Crippen molar-refractivity contribution in [2.75, 3.05) is 7.11 Å². The highest BCUT2D eigenvalue weighted by atomic mass is 32.1. The standard InChI is InChI=1S/C14H12N2OS/c1-17-13-6-3-2-5-11(13)16-10-15-9-12(16)14-7-4-8-18-14/h2-10H,1H3. The number of ether oxygens (including phenoxy) is 1. The molecule has 0 unspecified atom stereocenters. The molecule has 2 heterocycles. The van der Waals surface area contributed by atoms with Gasteiger partial charge in [0, 0.05) is 0 Å². The zero-order chi connectivity index (χ0) is 12.4. The van der Waals surface area contributed by atoms with Crippen molar-refractivity contribution < 1.29 is 4.74 Å². The zero-order valence-corrected chi connectivity index (χ0v) is 10.7. The predicted octanol–water partition coefficient (Wildman–Crippen LogP) is 3.61. The van der Waals surface area contributed by atoms with Crippen LogP contribution in [0.25, 0.3) is 16.3 Å². The maximum atomic E-state index is 5.40. The normalized spacial score (nSPS) is 10.5. The van der Waals surface area contributed by atoms with E-state index in [-0.39, 0.29) is 0 Å². The summed E-state index contributed by atoms with van der Waals surface area (Å²) in [5.74, 6) is 0.841. The Bertz CT molecular complexity index is 643. The van der Waals surface area contributed by atoms with E-state index in [0.717, 1.165) is 17.1 Å². The molecular formula is C14H12N2OS. The molecule has 3 aromatic rings. The summed E-state index contributed by atoms with van der Waals surface area (Å²) >= 11 is 1.70. The third-order valence-electron chi connectivity index (χ3n) is 2.76. The number of thiophene rings is 1. The molecule has 0 amide bonds. The fraction of sp³-hybridized carbons (Fsp3) is 0.0714. The Morgan fingerprint density at radius 3 is 2.83 bits per heavy atom. The molecule has 0 atom stereocenters. The van der Waals surface area contributed by atoms with Gasteiger partial charge in [0.2, 0.25) is 0 Å². The summed E-state index contributed by atoms with van der Waals surface area (Å²) in [5.41, 5.74) is 2.08. The van der Waals surface area contributed by atoms with Crippen molar-refractivity contribution in [1.29, 1.82) is 0 Å². The van der Waals surface area contributed by atoms with E-state index in [1.165, 1.54) is 4.88 Å². The van der Waals surface area contributed by atoms with Crippen LogP contribution < -0.4 is 4.74 Å². The molecule has 3 rings (SSSR count). The van der Waals surface area contributed by atoms with Crippen LogP contribution in [0, 0.1) is 0 Å². The minimum atomic E-state index is 0.841. The van der Waals surface area contributed by atoms with Crippen LogP contribution in [0.5, 0.6) is 5.75 Å². The van der Waals surface area contributed by atoms with E-state index in [2.05, 4.69) is 16.4 Å². The van der Waals surface area contributed by atoms with Gasteiger partial charge in [0.1, 0.15) is 5.75 Å². The smallest absolute Gasteiger partial charge is 0.142 e. The molecule has 4 heteroatoms. The lowest BCUT2D eigenvalue weighted by atomic mass is 10.2. The first-order chi connectivity index (χ1) is 8.90. The van der Waals surface area contributed by atoms with Crippen LogP contribution in [0.2, 0.25) is 0 Å². The highest BCUT2D eigenvalue weighted by Crippen LogP contribution is 2.30. The minimum Gasteiger partial charge on any atom is -0.495 e. The van der Waals surface area contributed by atoms with E-state index >= 15 is 0 Å². The van der Waals surface area contributed by atoms with Gasteiger partial charge in [-0.15, -0.1) is 11.3 Å². The summed E-state index contributed by atoms with van der Waals surface area (Å²) in [7, 11) is 1.68. The van der Waals surface area contributed by atoms with Crippen LogP contribution in [0.4, 0.5) is 0 Å². The monoisotopic (exact) mass is 256 g/mol. The highest BCUT2D eigenvalue weighted by Gasteiger charge is 2.10. The molecule has 1 aromatic carbocycles. The van der Waals surface area contributed by atoms with E-state index < -0.39 is 0 Å². The van der Waals surface area contributed by atoms with Gasteiger partial charge < -0.3 is 4.74 Å². The number of hydrogen-bond donors (Lipinski definition) is 0. The second-order valence-corrected chi connectivity index (χ2v) is 4.75. The minimum absolute atomic E-state index is 0.841. The molecule has 2 aromatic heterocycles. The fourth-order valence-corrected chi connectivity index (χ4v) is 2.66. The molecule has 0 aliphatic heterocycles. The Balaban J connectivity index is 2.16. The number of hydrogen-bond acceptors (Lipinski definition) is 3. The Morgan fingerprint density at radius 1 is 1.17 bits per heavy atom. The lowest BCUT2D eigenvalue weighted by Gasteiger charge is -2.11. The number of nitrogens with zero attached hydrogens (tertiary/aromatic N) is 2. The second kappa shape index (κ2) is 4.66. The summed E-state index contributed by atoms with van der Waals surface area (Å²) in [6, 6.07) is 12.1. The lowest BCUT2D eigenvalue weighted by Crippen LogP contribution is -1.97. The van der Waals surface area contributed by atoms with E-state index in [0.29, 0.717) is 0 Å². The molecule has 3 nitrogen and oxygen atoms in total. The Kier molecular flexibility index (Phi) is 2.86. The maximum absolute atomic E-state index is 5.40. The van der Waals surface area contributed by atoms with Gasteiger partial charge in [-0.05, 0) is 23.6 Å². The quantitative estimate of drug-likeness (QED) is 0.715. The van der Waals surface area contributed by atoms with E-state index in [1.54, 1.807) is 18.4 Å². The molecule has 0 N–H and O–H groups in total. The largest absolute Gasteiger partial charge is 0.495 e. The van der Waals surface area contributed by atoms with Crippen molar-refractivity contribution in [3.05, 3.63) is 54.3 Å². The average molecular weight is 256 g/mol. The molecule has 18 heavy (non-hydrogen) atoms. The molecule has 0 aliphatic rings. The summed E-state index contributed by atoms with van der Waals surface area (Å²) in [4.78, 5) is 5.44. The van der Waals surface area contributed by atoms with Crippen LogP contribution in [-0.4, -0.2) is 16.7 Å². The van der Waals surface area contributed by atoms with Crippen LogP contribution in [0.3, 0.4) is 0 Å². The van der Waals surface area contributed by atoms with E-state index in [4.69, 9.17) is 4.74 Å². The third kappa shape index (κ3) is 1.80. The van der Waals surface area contributed by atoms with Crippen molar-refractivity contribution in [2.45, 2.75) is 0 Å². The molecular weight excluding hydrogens is 244 g/mol. The average Bonchev–Trinajstić information content (AvgIpc) is 3.09. The van der Waals surface area contributed by atoms with Gasteiger partial charge in [-0.1, -0.05) is 18.2 Å². The summed E-state index contributed by atoms with van der Waals surface area (Å²) in [5, 5.41) is 2.06. The first-order valence-corrected chi connectivity index (χ1v) is 6.48. The first-order valence-electron chi connectivity index (χ1n) is 5.60. The number of methoxy groups -OCH3 is 1. The fourth-order valence-electron chi connectivity index (χ4n) is 1.92. The Morgan fingerprint density at radius 2 is 2.06 bits per heavy atom. The van der Waals surface area contributed by atoms with Gasteiger partial charge in [0.25, 0.3) is 0 Å². The van der Waals surface area contributed by atoms with Gasteiger partial charge in [0.15, 0.2) is 0 Å².